The second kappa shape index (κ2) is 8.78. The Bertz CT molecular complexity index is 835. The summed E-state index contributed by atoms with van der Waals surface area (Å²) in [6.07, 6.45) is -0.338. The molecule has 2 aromatic carbocycles. The third kappa shape index (κ3) is 4.44. The van der Waals surface area contributed by atoms with Crippen molar-refractivity contribution in [2.75, 3.05) is 18.1 Å². The summed E-state index contributed by atoms with van der Waals surface area (Å²) in [6.45, 7) is 6.53. The first-order valence-corrected chi connectivity index (χ1v) is 9.58. The van der Waals surface area contributed by atoms with Crippen LogP contribution in [0.15, 0.2) is 48.5 Å². The van der Waals surface area contributed by atoms with Crippen molar-refractivity contribution in [1.29, 1.82) is 0 Å². The molecule has 6 heteroatoms. The molecule has 28 heavy (non-hydrogen) atoms. The van der Waals surface area contributed by atoms with E-state index in [-0.39, 0.29) is 24.3 Å². The van der Waals surface area contributed by atoms with Gasteiger partial charge in [0.25, 0.3) is 5.91 Å². The Kier molecular flexibility index (Phi) is 6.19. The number of benzene rings is 2. The van der Waals surface area contributed by atoms with E-state index < -0.39 is 6.10 Å². The molecule has 0 saturated heterocycles. The zero-order chi connectivity index (χ0) is 20.1. The number of hydrogen-bond donors (Lipinski definition) is 1. The van der Waals surface area contributed by atoms with Gasteiger partial charge in [0.2, 0.25) is 5.91 Å². The maximum atomic E-state index is 12.5. The van der Waals surface area contributed by atoms with Crippen LogP contribution in [-0.2, 0) is 9.59 Å². The van der Waals surface area contributed by atoms with Crippen molar-refractivity contribution >= 4 is 17.5 Å². The summed E-state index contributed by atoms with van der Waals surface area (Å²) in [5.74, 6) is 1.23. The smallest absolute Gasteiger partial charge is 0.267 e. The lowest BCUT2D eigenvalue weighted by molar-refractivity contribution is -0.125. The van der Waals surface area contributed by atoms with Gasteiger partial charge in [0.1, 0.15) is 11.5 Å². The van der Waals surface area contributed by atoms with E-state index >= 15 is 0 Å². The van der Waals surface area contributed by atoms with Gasteiger partial charge in [-0.2, -0.15) is 0 Å². The SMILES string of the molecule is CCOc1ccc(C(C)NC(=O)CCN2C(=O)C(C)Oc3ccccc32)cc1. The zero-order valence-corrected chi connectivity index (χ0v) is 16.5. The number of rotatable bonds is 7. The number of anilines is 1. The van der Waals surface area contributed by atoms with Crippen molar-refractivity contribution in [3.05, 3.63) is 54.1 Å². The molecule has 0 spiro atoms. The van der Waals surface area contributed by atoms with Crippen molar-refractivity contribution in [2.24, 2.45) is 0 Å². The van der Waals surface area contributed by atoms with Crippen LogP contribution in [0.5, 0.6) is 11.5 Å². The van der Waals surface area contributed by atoms with E-state index in [4.69, 9.17) is 9.47 Å². The van der Waals surface area contributed by atoms with E-state index in [1.807, 2.05) is 62.4 Å². The van der Waals surface area contributed by atoms with Crippen LogP contribution < -0.4 is 19.7 Å². The highest BCUT2D eigenvalue weighted by atomic mass is 16.5. The van der Waals surface area contributed by atoms with Gasteiger partial charge in [-0.15, -0.1) is 0 Å². The molecular weight excluding hydrogens is 356 g/mol. The van der Waals surface area contributed by atoms with Crippen LogP contribution >= 0.6 is 0 Å². The highest BCUT2D eigenvalue weighted by Crippen LogP contribution is 2.33. The van der Waals surface area contributed by atoms with Crippen LogP contribution in [0, 0.1) is 0 Å². The summed E-state index contributed by atoms with van der Waals surface area (Å²) in [5, 5.41) is 2.99. The van der Waals surface area contributed by atoms with E-state index in [0.29, 0.717) is 24.6 Å². The van der Waals surface area contributed by atoms with Gasteiger partial charge in [0.15, 0.2) is 6.10 Å². The number of carbonyl (C=O) groups excluding carboxylic acids is 2. The minimum atomic E-state index is -0.555. The normalized spacial score (nSPS) is 16.8. The quantitative estimate of drug-likeness (QED) is 0.796. The van der Waals surface area contributed by atoms with Crippen molar-refractivity contribution in [2.45, 2.75) is 39.3 Å². The van der Waals surface area contributed by atoms with Crippen LogP contribution in [0.3, 0.4) is 0 Å². The lowest BCUT2D eigenvalue weighted by atomic mass is 10.1. The maximum absolute atomic E-state index is 12.5. The molecule has 0 aromatic heterocycles. The van der Waals surface area contributed by atoms with E-state index in [9.17, 15) is 9.59 Å². The lowest BCUT2D eigenvalue weighted by Crippen LogP contribution is -2.45. The number of ether oxygens (including phenoxy) is 2. The summed E-state index contributed by atoms with van der Waals surface area (Å²) in [4.78, 5) is 26.6. The van der Waals surface area contributed by atoms with Crippen LogP contribution in [0.1, 0.15) is 38.8 Å². The highest BCUT2D eigenvalue weighted by molar-refractivity contribution is 6.00. The number of amides is 2. The van der Waals surface area contributed by atoms with E-state index in [1.165, 1.54) is 0 Å². The molecule has 0 saturated carbocycles. The first kappa shape index (κ1) is 19.7. The van der Waals surface area contributed by atoms with Crippen LogP contribution in [0.4, 0.5) is 5.69 Å². The fourth-order valence-electron chi connectivity index (χ4n) is 3.22. The number of fused-ring (bicyclic) bond motifs is 1. The van der Waals surface area contributed by atoms with Crippen molar-refractivity contribution in [3.8, 4) is 11.5 Å². The molecule has 0 aliphatic carbocycles. The number of para-hydroxylation sites is 2. The van der Waals surface area contributed by atoms with Gasteiger partial charge < -0.3 is 19.7 Å². The monoisotopic (exact) mass is 382 g/mol. The predicted octanol–water partition coefficient (Wildman–Crippen LogP) is 3.47. The summed E-state index contributed by atoms with van der Waals surface area (Å²) >= 11 is 0. The summed E-state index contributed by atoms with van der Waals surface area (Å²) in [6, 6.07) is 14.9. The molecule has 6 nitrogen and oxygen atoms in total. The second-order valence-electron chi connectivity index (χ2n) is 6.76. The number of carbonyl (C=O) groups is 2. The lowest BCUT2D eigenvalue weighted by Gasteiger charge is -2.32. The second-order valence-corrected chi connectivity index (χ2v) is 6.76. The van der Waals surface area contributed by atoms with Crippen LogP contribution in [0.2, 0.25) is 0 Å². The fourth-order valence-corrected chi connectivity index (χ4v) is 3.22. The van der Waals surface area contributed by atoms with E-state index in [0.717, 1.165) is 11.3 Å². The van der Waals surface area contributed by atoms with Crippen LogP contribution in [-0.4, -0.2) is 31.1 Å². The minimum Gasteiger partial charge on any atom is -0.494 e. The van der Waals surface area contributed by atoms with E-state index in [1.54, 1.807) is 11.8 Å². The van der Waals surface area contributed by atoms with Gasteiger partial charge in [0, 0.05) is 13.0 Å². The van der Waals surface area contributed by atoms with Crippen molar-refractivity contribution < 1.29 is 19.1 Å². The Balaban J connectivity index is 1.58. The molecule has 1 aliphatic rings. The largest absolute Gasteiger partial charge is 0.494 e. The Morgan fingerprint density at radius 2 is 1.93 bits per heavy atom. The molecule has 3 rings (SSSR count). The highest BCUT2D eigenvalue weighted by Gasteiger charge is 2.31. The molecule has 2 amide bonds. The fraction of sp³-hybridized carbons (Fsp3) is 0.364. The summed E-state index contributed by atoms with van der Waals surface area (Å²) in [5.41, 5.74) is 1.70. The van der Waals surface area contributed by atoms with Gasteiger partial charge in [-0.05, 0) is 50.6 Å². The van der Waals surface area contributed by atoms with E-state index in [2.05, 4.69) is 5.32 Å². The Morgan fingerprint density at radius 3 is 2.64 bits per heavy atom. The predicted molar refractivity (Wildman–Crippen MR) is 108 cm³/mol. The Labute approximate surface area is 165 Å². The first-order valence-electron chi connectivity index (χ1n) is 9.58. The Hall–Kier alpha value is -3.02. The van der Waals surface area contributed by atoms with Crippen molar-refractivity contribution in [3.63, 3.8) is 0 Å². The molecule has 1 N–H and O–H groups in total. The molecule has 2 aromatic rings. The molecule has 0 fully saturated rings. The molecule has 148 valence electrons. The molecular formula is C22H26N2O4. The van der Waals surface area contributed by atoms with Gasteiger partial charge in [0.05, 0.1) is 18.3 Å². The third-order valence-corrected chi connectivity index (χ3v) is 4.70. The number of hydrogen-bond acceptors (Lipinski definition) is 4. The first-order chi connectivity index (χ1) is 13.5. The molecule has 2 unspecified atom stereocenters. The molecule has 1 heterocycles. The average molecular weight is 382 g/mol. The topological polar surface area (TPSA) is 67.9 Å². The zero-order valence-electron chi connectivity index (χ0n) is 16.5. The molecule has 0 bridgehead atoms. The molecule has 2 atom stereocenters. The molecule has 1 aliphatic heterocycles. The van der Waals surface area contributed by atoms with Gasteiger partial charge >= 0.3 is 0 Å². The van der Waals surface area contributed by atoms with Crippen molar-refractivity contribution in [1.82, 2.24) is 5.32 Å². The number of nitrogens with one attached hydrogen (secondary N) is 1. The third-order valence-electron chi connectivity index (χ3n) is 4.70. The average Bonchev–Trinajstić information content (AvgIpc) is 2.69. The summed E-state index contributed by atoms with van der Waals surface area (Å²) < 4.78 is 11.1. The molecule has 0 radical (unpaired) electrons. The standard InChI is InChI=1S/C22H26N2O4/c1-4-27-18-11-9-17(10-12-18)15(2)23-21(25)13-14-24-19-7-5-6-8-20(19)28-16(3)22(24)26/h5-12,15-16H,4,13-14H2,1-3H3,(H,23,25). The van der Waals surface area contributed by atoms with Crippen LogP contribution in [0.25, 0.3) is 0 Å². The summed E-state index contributed by atoms with van der Waals surface area (Å²) in [7, 11) is 0. The van der Waals surface area contributed by atoms with Gasteiger partial charge in [-0.3, -0.25) is 9.59 Å². The maximum Gasteiger partial charge on any atom is 0.267 e. The Morgan fingerprint density at radius 1 is 1.21 bits per heavy atom. The number of nitrogens with zero attached hydrogens (tertiary/aromatic N) is 1. The van der Waals surface area contributed by atoms with Gasteiger partial charge in [-0.1, -0.05) is 24.3 Å². The van der Waals surface area contributed by atoms with Gasteiger partial charge in [-0.25, -0.2) is 0 Å². The minimum absolute atomic E-state index is 0.106.